The van der Waals surface area contributed by atoms with Gasteiger partial charge in [-0.2, -0.15) is 13.2 Å². The Kier molecular flexibility index (Phi) is 6.30. The van der Waals surface area contributed by atoms with E-state index in [4.69, 9.17) is 4.55 Å². The van der Waals surface area contributed by atoms with Crippen LogP contribution in [0.4, 0.5) is 13.2 Å². The van der Waals surface area contributed by atoms with Crippen LogP contribution in [0.15, 0.2) is 0 Å². The van der Waals surface area contributed by atoms with Crippen LogP contribution in [-0.2, 0) is 11.1 Å². The van der Waals surface area contributed by atoms with Crippen LogP contribution in [0.5, 0.6) is 0 Å². The van der Waals surface area contributed by atoms with Gasteiger partial charge in [0, 0.05) is 0 Å². The molecule has 86 valence electrons. The lowest BCUT2D eigenvalue weighted by molar-refractivity contribution is -0.145. The van der Waals surface area contributed by atoms with Crippen LogP contribution in [-0.4, -0.2) is 45.2 Å². The van der Waals surface area contributed by atoms with Gasteiger partial charge in [0.15, 0.2) is 11.1 Å². The van der Waals surface area contributed by atoms with Gasteiger partial charge in [0.1, 0.15) is 0 Å². The SMILES string of the molecule is CCN(CCCS(=O)O)CC(F)(F)F. The number of halogens is 3. The van der Waals surface area contributed by atoms with Crippen LogP contribution in [0, 0.1) is 0 Å². The molecule has 0 amide bonds. The fourth-order valence-corrected chi connectivity index (χ4v) is 1.39. The van der Waals surface area contributed by atoms with Crippen LogP contribution in [0.25, 0.3) is 0 Å². The monoisotopic (exact) mass is 233 g/mol. The zero-order chi connectivity index (χ0) is 11.2. The number of rotatable bonds is 6. The highest BCUT2D eigenvalue weighted by atomic mass is 32.2. The molecule has 0 aromatic carbocycles. The summed E-state index contributed by atoms with van der Waals surface area (Å²) in [7, 11) is 0. The molecule has 1 N–H and O–H groups in total. The molecule has 1 unspecified atom stereocenters. The Morgan fingerprint density at radius 1 is 1.43 bits per heavy atom. The van der Waals surface area contributed by atoms with Gasteiger partial charge in [-0.3, -0.25) is 4.90 Å². The summed E-state index contributed by atoms with van der Waals surface area (Å²) in [6.07, 6.45) is -3.90. The predicted octanol–water partition coefficient (Wildman–Crippen LogP) is 1.48. The third-order valence-electron chi connectivity index (χ3n) is 1.64. The summed E-state index contributed by atoms with van der Waals surface area (Å²) >= 11 is -1.92. The second-order valence-corrected chi connectivity index (χ2v) is 3.91. The second-order valence-electron chi connectivity index (χ2n) is 2.86. The fraction of sp³-hybridized carbons (Fsp3) is 1.00. The maximum Gasteiger partial charge on any atom is 0.401 e. The maximum absolute atomic E-state index is 11.9. The van der Waals surface area contributed by atoms with Gasteiger partial charge in [-0.1, -0.05) is 6.92 Å². The molecule has 0 spiro atoms. The van der Waals surface area contributed by atoms with Crippen LogP contribution in [0.1, 0.15) is 13.3 Å². The highest BCUT2D eigenvalue weighted by Crippen LogP contribution is 2.16. The fourth-order valence-electron chi connectivity index (χ4n) is 1.01. The first-order valence-electron chi connectivity index (χ1n) is 4.21. The van der Waals surface area contributed by atoms with Crippen molar-refractivity contribution in [1.82, 2.24) is 4.90 Å². The first-order valence-corrected chi connectivity index (χ1v) is 5.49. The van der Waals surface area contributed by atoms with Gasteiger partial charge >= 0.3 is 6.18 Å². The lowest BCUT2D eigenvalue weighted by Gasteiger charge is -2.21. The van der Waals surface area contributed by atoms with Crippen molar-refractivity contribution in [2.24, 2.45) is 0 Å². The Bertz CT molecular complexity index is 186. The molecule has 0 fully saturated rings. The van der Waals surface area contributed by atoms with E-state index < -0.39 is 23.8 Å². The molecule has 1 atom stereocenters. The highest BCUT2D eigenvalue weighted by molar-refractivity contribution is 7.79. The van der Waals surface area contributed by atoms with Crippen LogP contribution < -0.4 is 0 Å². The largest absolute Gasteiger partial charge is 0.401 e. The summed E-state index contributed by atoms with van der Waals surface area (Å²) in [5, 5.41) is 0. The van der Waals surface area contributed by atoms with E-state index in [1.807, 2.05) is 0 Å². The minimum Gasteiger partial charge on any atom is -0.306 e. The smallest absolute Gasteiger partial charge is 0.306 e. The number of hydrogen-bond donors (Lipinski definition) is 1. The van der Waals surface area contributed by atoms with Gasteiger partial charge < -0.3 is 4.55 Å². The molecule has 0 aliphatic carbocycles. The van der Waals surface area contributed by atoms with Gasteiger partial charge in [-0.25, -0.2) is 4.21 Å². The van der Waals surface area contributed by atoms with Crippen molar-refractivity contribution in [3.63, 3.8) is 0 Å². The third-order valence-corrected chi connectivity index (χ3v) is 2.28. The normalized spacial score (nSPS) is 14.7. The Hall–Kier alpha value is -0.140. The summed E-state index contributed by atoms with van der Waals surface area (Å²) in [5.74, 6) is 0.0222. The van der Waals surface area contributed by atoms with E-state index in [0.29, 0.717) is 6.42 Å². The first kappa shape index (κ1) is 13.9. The van der Waals surface area contributed by atoms with Gasteiger partial charge in [0.05, 0.1) is 12.3 Å². The molecule has 0 heterocycles. The Morgan fingerprint density at radius 2 is 2.00 bits per heavy atom. The van der Waals surface area contributed by atoms with Crippen molar-refractivity contribution in [3.8, 4) is 0 Å². The lowest BCUT2D eigenvalue weighted by Crippen LogP contribution is -2.35. The molecular formula is C7H14F3NO2S. The van der Waals surface area contributed by atoms with Crippen LogP contribution >= 0.6 is 0 Å². The topological polar surface area (TPSA) is 40.5 Å². The molecule has 0 bridgehead atoms. The predicted molar refractivity (Wildman–Crippen MR) is 48.4 cm³/mol. The number of alkyl halides is 3. The standard InChI is InChI=1S/C7H14F3NO2S/c1-2-11(6-7(8,9)10)4-3-5-14(12)13/h2-6H2,1H3,(H,12,13). The molecule has 3 nitrogen and oxygen atoms in total. The molecule has 0 aromatic heterocycles. The van der Waals surface area contributed by atoms with Crippen molar-refractivity contribution in [2.75, 3.05) is 25.4 Å². The summed E-state index contributed by atoms with van der Waals surface area (Å²) in [6.45, 7) is 1.16. The van der Waals surface area contributed by atoms with E-state index in [0.717, 1.165) is 0 Å². The van der Waals surface area contributed by atoms with E-state index in [-0.39, 0.29) is 18.8 Å². The zero-order valence-corrected chi connectivity index (χ0v) is 8.70. The van der Waals surface area contributed by atoms with Crippen molar-refractivity contribution in [2.45, 2.75) is 19.5 Å². The molecule has 0 saturated carbocycles. The molecule has 0 aliphatic heterocycles. The van der Waals surface area contributed by atoms with E-state index in [9.17, 15) is 17.4 Å². The summed E-state index contributed by atoms with van der Waals surface area (Å²) in [4.78, 5) is 1.20. The first-order chi connectivity index (χ1) is 6.35. The van der Waals surface area contributed by atoms with Crippen molar-refractivity contribution in [3.05, 3.63) is 0 Å². The van der Waals surface area contributed by atoms with E-state index in [1.54, 1.807) is 6.92 Å². The lowest BCUT2D eigenvalue weighted by atomic mass is 10.4. The van der Waals surface area contributed by atoms with E-state index in [1.165, 1.54) is 4.90 Å². The second kappa shape index (κ2) is 6.36. The van der Waals surface area contributed by atoms with Gasteiger partial charge in [0.25, 0.3) is 0 Å². The molecule has 0 radical (unpaired) electrons. The van der Waals surface area contributed by atoms with E-state index in [2.05, 4.69) is 0 Å². The highest BCUT2D eigenvalue weighted by Gasteiger charge is 2.29. The molecule has 0 aliphatic rings. The average molecular weight is 233 g/mol. The molecule has 0 aromatic rings. The molecular weight excluding hydrogens is 219 g/mol. The third kappa shape index (κ3) is 8.46. The Morgan fingerprint density at radius 3 is 2.36 bits per heavy atom. The minimum atomic E-state index is -4.20. The minimum absolute atomic E-state index is 0.0222. The maximum atomic E-state index is 11.9. The summed E-state index contributed by atoms with van der Waals surface area (Å²) in [5.41, 5.74) is 0. The van der Waals surface area contributed by atoms with Crippen LogP contribution in [0.2, 0.25) is 0 Å². The van der Waals surface area contributed by atoms with Gasteiger partial charge in [-0.05, 0) is 19.5 Å². The van der Waals surface area contributed by atoms with Gasteiger partial charge in [0.2, 0.25) is 0 Å². The quantitative estimate of drug-likeness (QED) is 0.706. The number of hydrogen-bond acceptors (Lipinski definition) is 2. The van der Waals surface area contributed by atoms with Crippen molar-refractivity contribution >= 4 is 11.1 Å². The van der Waals surface area contributed by atoms with E-state index >= 15 is 0 Å². The Balaban J connectivity index is 3.74. The average Bonchev–Trinajstić information content (AvgIpc) is 1.99. The molecule has 0 rings (SSSR count). The molecule has 7 heteroatoms. The van der Waals surface area contributed by atoms with Crippen LogP contribution in [0.3, 0.4) is 0 Å². The molecule has 14 heavy (non-hydrogen) atoms. The number of nitrogens with zero attached hydrogens (tertiary/aromatic N) is 1. The van der Waals surface area contributed by atoms with Crippen molar-refractivity contribution < 1.29 is 21.9 Å². The van der Waals surface area contributed by atoms with Crippen molar-refractivity contribution in [1.29, 1.82) is 0 Å². The van der Waals surface area contributed by atoms with Gasteiger partial charge in [-0.15, -0.1) is 0 Å². The Labute approximate surface area is 83.6 Å². The molecule has 0 saturated heterocycles. The summed E-state index contributed by atoms with van der Waals surface area (Å²) in [6, 6.07) is 0. The zero-order valence-electron chi connectivity index (χ0n) is 7.88. The summed E-state index contributed by atoms with van der Waals surface area (Å²) < 4.78 is 54.4.